The van der Waals surface area contributed by atoms with Gasteiger partial charge in [-0.1, -0.05) is 31.3 Å². The van der Waals surface area contributed by atoms with Crippen molar-refractivity contribution in [3.05, 3.63) is 23.5 Å². The highest BCUT2D eigenvalue weighted by molar-refractivity contribution is 7.22. The van der Waals surface area contributed by atoms with Gasteiger partial charge in [-0.2, -0.15) is 0 Å². The summed E-state index contributed by atoms with van der Waals surface area (Å²) in [4.78, 5) is 4.20. The highest BCUT2D eigenvalue weighted by Gasteiger charge is 2.14. The van der Waals surface area contributed by atoms with Crippen LogP contribution in [0.15, 0.2) is 12.1 Å². The van der Waals surface area contributed by atoms with Crippen LogP contribution in [0.25, 0.3) is 10.2 Å². The van der Waals surface area contributed by atoms with Crippen molar-refractivity contribution >= 4 is 26.7 Å². The van der Waals surface area contributed by atoms with Gasteiger partial charge in [-0.05, 0) is 24.0 Å². The second-order valence-corrected chi connectivity index (χ2v) is 4.71. The number of hydrogen-bond acceptors (Lipinski definition) is 3. The van der Waals surface area contributed by atoms with Gasteiger partial charge in [0, 0.05) is 0 Å². The van der Waals surface area contributed by atoms with Crippen LogP contribution in [0.3, 0.4) is 0 Å². The zero-order valence-corrected chi connectivity index (χ0v) is 9.57. The Kier molecular flexibility index (Phi) is 2.61. The Bertz CT molecular complexity index is 493. The number of rotatable bonds is 2. The van der Waals surface area contributed by atoms with Gasteiger partial charge < -0.3 is 5.73 Å². The van der Waals surface area contributed by atoms with Crippen LogP contribution in [0.1, 0.15) is 31.7 Å². The second kappa shape index (κ2) is 3.77. The number of hydrogen-bond donors (Lipinski definition) is 1. The van der Waals surface area contributed by atoms with Crippen LogP contribution in [0.2, 0.25) is 0 Å². The molecule has 2 aromatic rings. The summed E-state index contributed by atoms with van der Waals surface area (Å²) < 4.78 is 14.0. The first-order chi connectivity index (χ1) is 7.13. The first kappa shape index (κ1) is 10.4. The van der Waals surface area contributed by atoms with Gasteiger partial charge in [-0.25, -0.2) is 9.37 Å². The van der Waals surface area contributed by atoms with E-state index in [1.165, 1.54) is 17.4 Å². The molecule has 2 nitrogen and oxygen atoms in total. The molecule has 2 rings (SSSR count). The molecule has 0 bridgehead atoms. The van der Waals surface area contributed by atoms with Gasteiger partial charge >= 0.3 is 0 Å². The molecule has 0 aliphatic heterocycles. The summed E-state index contributed by atoms with van der Waals surface area (Å²) in [5, 5.41) is 0.430. The molecular weight excluding hydrogens is 211 g/mol. The van der Waals surface area contributed by atoms with E-state index in [-0.39, 0.29) is 5.82 Å². The van der Waals surface area contributed by atoms with Crippen molar-refractivity contribution in [3.8, 4) is 0 Å². The summed E-state index contributed by atoms with van der Waals surface area (Å²) in [6.07, 6.45) is 1.01. The number of halogens is 1. The van der Waals surface area contributed by atoms with Gasteiger partial charge in [-0.3, -0.25) is 0 Å². The van der Waals surface area contributed by atoms with Gasteiger partial charge in [0.1, 0.15) is 5.82 Å². The van der Waals surface area contributed by atoms with E-state index in [1.54, 1.807) is 0 Å². The van der Waals surface area contributed by atoms with Crippen LogP contribution in [-0.2, 0) is 0 Å². The minimum absolute atomic E-state index is 0.230. The Morgan fingerprint density at radius 2 is 2.27 bits per heavy atom. The van der Waals surface area contributed by atoms with Crippen LogP contribution in [0, 0.1) is 5.82 Å². The average Bonchev–Trinajstić information content (AvgIpc) is 2.60. The first-order valence-electron chi connectivity index (χ1n) is 4.98. The smallest absolute Gasteiger partial charge is 0.181 e. The Balaban J connectivity index is 2.71. The fourth-order valence-corrected chi connectivity index (χ4v) is 2.40. The van der Waals surface area contributed by atoms with E-state index in [1.807, 2.05) is 6.07 Å². The van der Waals surface area contributed by atoms with Crippen LogP contribution in [0.4, 0.5) is 9.52 Å². The maximum atomic E-state index is 13.5. The number of nitrogen functional groups attached to an aromatic ring is 1. The standard InChI is InChI=1S/C11H13FN2S/c1-3-6(2)7-4-5-8(12)10-9(7)14-11(13)15-10/h4-6H,3H2,1-2H3,(H2,13,14). The molecule has 0 amide bonds. The Morgan fingerprint density at radius 3 is 2.93 bits per heavy atom. The number of nitrogens with two attached hydrogens (primary N) is 1. The molecular formula is C11H13FN2S. The molecule has 1 heterocycles. The van der Waals surface area contributed by atoms with E-state index < -0.39 is 0 Å². The van der Waals surface area contributed by atoms with Crippen molar-refractivity contribution < 1.29 is 4.39 Å². The van der Waals surface area contributed by atoms with E-state index in [0.29, 0.717) is 15.7 Å². The van der Waals surface area contributed by atoms with Gasteiger partial charge in [0.05, 0.1) is 10.2 Å². The number of fused-ring (bicyclic) bond motifs is 1. The van der Waals surface area contributed by atoms with Gasteiger partial charge in [0.2, 0.25) is 0 Å². The van der Waals surface area contributed by atoms with Crippen molar-refractivity contribution in [2.75, 3.05) is 5.73 Å². The number of nitrogens with zero attached hydrogens (tertiary/aromatic N) is 1. The van der Waals surface area contributed by atoms with Crippen LogP contribution >= 0.6 is 11.3 Å². The van der Waals surface area contributed by atoms with Gasteiger partial charge in [0.15, 0.2) is 5.13 Å². The molecule has 15 heavy (non-hydrogen) atoms. The summed E-state index contributed by atoms with van der Waals surface area (Å²) >= 11 is 1.21. The molecule has 0 saturated carbocycles. The fourth-order valence-electron chi connectivity index (χ4n) is 1.63. The normalized spacial score (nSPS) is 13.3. The zero-order chi connectivity index (χ0) is 11.0. The van der Waals surface area contributed by atoms with E-state index in [2.05, 4.69) is 18.8 Å². The summed E-state index contributed by atoms with van der Waals surface area (Å²) in [5.41, 5.74) is 7.42. The molecule has 0 spiro atoms. The molecule has 0 saturated heterocycles. The lowest BCUT2D eigenvalue weighted by atomic mass is 9.98. The lowest BCUT2D eigenvalue weighted by Gasteiger charge is -2.09. The number of benzene rings is 1. The van der Waals surface area contributed by atoms with Crippen LogP contribution in [0.5, 0.6) is 0 Å². The predicted molar refractivity (Wildman–Crippen MR) is 62.7 cm³/mol. The molecule has 1 atom stereocenters. The largest absolute Gasteiger partial charge is 0.375 e. The number of anilines is 1. The lowest BCUT2D eigenvalue weighted by molar-refractivity contribution is 0.639. The lowest BCUT2D eigenvalue weighted by Crippen LogP contribution is -1.94. The fraction of sp³-hybridized carbons (Fsp3) is 0.364. The van der Waals surface area contributed by atoms with Crippen molar-refractivity contribution in [1.82, 2.24) is 4.98 Å². The highest BCUT2D eigenvalue weighted by Crippen LogP contribution is 2.33. The summed E-state index contributed by atoms with van der Waals surface area (Å²) in [6, 6.07) is 3.31. The van der Waals surface area contributed by atoms with E-state index in [0.717, 1.165) is 17.5 Å². The molecule has 0 aliphatic carbocycles. The van der Waals surface area contributed by atoms with E-state index >= 15 is 0 Å². The minimum Gasteiger partial charge on any atom is -0.375 e. The van der Waals surface area contributed by atoms with Crippen molar-refractivity contribution in [3.63, 3.8) is 0 Å². The van der Waals surface area contributed by atoms with E-state index in [9.17, 15) is 4.39 Å². The molecule has 0 aliphatic rings. The molecule has 0 radical (unpaired) electrons. The minimum atomic E-state index is -0.230. The van der Waals surface area contributed by atoms with Gasteiger partial charge in [0.25, 0.3) is 0 Å². The third-order valence-corrected chi connectivity index (χ3v) is 3.58. The summed E-state index contributed by atoms with van der Waals surface area (Å²) in [6.45, 7) is 4.22. The third kappa shape index (κ3) is 1.69. The Hall–Kier alpha value is -1.16. The second-order valence-electron chi connectivity index (χ2n) is 3.68. The quantitative estimate of drug-likeness (QED) is 0.847. The number of aromatic nitrogens is 1. The number of thiazole rings is 1. The SMILES string of the molecule is CCC(C)c1ccc(F)c2sc(N)nc12. The molecule has 1 unspecified atom stereocenters. The van der Waals surface area contributed by atoms with Crippen molar-refractivity contribution in [2.24, 2.45) is 0 Å². The average molecular weight is 224 g/mol. The maximum Gasteiger partial charge on any atom is 0.181 e. The molecule has 0 fully saturated rings. The predicted octanol–water partition coefficient (Wildman–Crippen LogP) is 3.53. The molecule has 2 N–H and O–H groups in total. The molecule has 1 aromatic heterocycles. The monoisotopic (exact) mass is 224 g/mol. The zero-order valence-electron chi connectivity index (χ0n) is 8.75. The van der Waals surface area contributed by atoms with Gasteiger partial charge in [-0.15, -0.1) is 0 Å². The van der Waals surface area contributed by atoms with Crippen LogP contribution in [-0.4, -0.2) is 4.98 Å². The van der Waals surface area contributed by atoms with Crippen molar-refractivity contribution in [2.45, 2.75) is 26.2 Å². The highest BCUT2D eigenvalue weighted by atomic mass is 32.1. The summed E-state index contributed by atoms with van der Waals surface area (Å²) in [5.74, 6) is 0.154. The Labute approximate surface area is 91.9 Å². The van der Waals surface area contributed by atoms with Crippen LogP contribution < -0.4 is 5.73 Å². The molecule has 80 valence electrons. The maximum absolute atomic E-state index is 13.5. The summed E-state index contributed by atoms with van der Waals surface area (Å²) in [7, 11) is 0. The third-order valence-electron chi connectivity index (χ3n) is 2.69. The van der Waals surface area contributed by atoms with E-state index in [4.69, 9.17) is 5.73 Å². The molecule has 4 heteroatoms. The molecule has 1 aromatic carbocycles. The topological polar surface area (TPSA) is 38.9 Å². The first-order valence-corrected chi connectivity index (χ1v) is 5.79. The van der Waals surface area contributed by atoms with Crippen molar-refractivity contribution in [1.29, 1.82) is 0 Å². The Morgan fingerprint density at radius 1 is 1.53 bits per heavy atom.